The number of ether oxygens (including phenoxy) is 1. The second kappa shape index (κ2) is 13.7. The van der Waals surface area contributed by atoms with Crippen molar-refractivity contribution in [2.45, 2.75) is 37.8 Å². The number of carbonyl (C=O) groups is 2. The molecular formula is C28H31Cl2N3O5S. The highest BCUT2D eigenvalue weighted by atomic mass is 35.5. The van der Waals surface area contributed by atoms with Gasteiger partial charge >= 0.3 is 0 Å². The summed E-state index contributed by atoms with van der Waals surface area (Å²) in [7, 11) is -2.68. The van der Waals surface area contributed by atoms with Gasteiger partial charge in [-0.1, -0.05) is 54.4 Å². The van der Waals surface area contributed by atoms with E-state index in [1.807, 2.05) is 6.92 Å². The molecule has 1 N–H and O–H groups in total. The highest BCUT2D eigenvalue weighted by Gasteiger charge is 2.32. The number of hydrogen-bond donors (Lipinski definition) is 1. The lowest BCUT2D eigenvalue weighted by molar-refractivity contribution is -0.139. The third-order valence-electron chi connectivity index (χ3n) is 6.02. The standard InChI is InChI=1S/C28H31Cl2N3O5S/c1-4-16-31-28(35)20(2)32(18-21-10-15-25(29)26(30)17-21)27(34)19-33(22-8-6-5-7-9-22)39(36,37)24-13-11-23(38-3)12-14-24/h5-15,17,20H,4,16,18-19H2,1-3H3,(H,31,35)/t20-/m0/s1. The maximum Gasteiger partial charge on any atom is 0.264 e. The summed E-state index contributed by atoms with van der Waals surface area (Å²) in [4.78, 5) is 28.1. The summed E-state index contributed by atoms with van der Waals surface area (Å²) in [5, 5.41) is 3.46. The molecule has 0 saturated heterocycles. The zero-order chi connectivity index (χ0) is 28.6. The molecule has 0 unspecified atom stereocenters. The Bertz CT molecular complexity index is 1390. The Balaban J connectivity index is 2.00. The summed E-state index contributed by atoms with van der Waals surface area (Å²) < 4.78 is 33.7. The van der Waals surface area contributed by atoms with E-state index in [0.717, 1.165) is 10.7 Å². The molecule has 0 aliphatic carbocycles. The smallest absolute Gasteiger partial charge is 0.264 e. The summed E-state index contributed by atoms with van der Waals surface area (Å²) >= 11 is 12.2. The van der Waals surface area contributed by atoms with Crippen molar-refractivity contribution in [2.75, 3.05) is 24.5 Å². The number of sulfonamides is 1. The Morgan fingerprint density at radius 1 is 0.974 bits per heavy atom. The number of carbonyl (C=O) groups excluding carboxylic acids is 2. The van der Waals surface area contributed by atoms with Crippen LogP contribution in [0.4, 0.5) is 5.69 Å². The molecule has 2 amide bonds. The third kappa shape index (κ3) is 7.65. The van der Waals surface area contributed by atoms with Gasteiger partial charge in [-0.25, -0.2) is 8.42 Å². The van der Waals surface area contributed by atoms with Crippen LogP contribution in [0.3, 0.4) is 0 Å². The summed E-state index contributed by atoms with van der Waals surface area (Å²) in [6.45, 7) is 3.45. The number of amides is 2. The van der Waals surface area contributed by atoms with Gasteiger partial charge in [-0.2, -0.15) is 0 Å². The van der Waals surface area contributed by atoms with Crippen LogP contribution >= 0.6 is 23.2 Å². The fourth-order valence-electron chi connectivity index (χ4n) is 3.81. The number of para-hydroxylation sites is 1. The Morgan fingerprint density at radius 2 is 1.64 bits per heavy atom. The van der Waals surface area contributed by atoms with Crippen LogP contribution in [0.15, 0.2) is 77.7 Å². The highest BCUT2D eigenvalue weighted by Crippen LogP contribution is 2.27. The van der Waals surface area contributed by atoms with Crippen molar-refractivity contribution in [3.63, 3.8) is 0 Å². The molecule has 11 heteroatoms. The molecule has 39 heavy (non-hydrogen) atoms. The number of hydrogen-bond acceptors (Lipinski definition) is 5. The maximum absolute atomic E-state index is 13.8. The van der Waals surface area contributed by atoms with E-state index < -0.39 is 28.5 Å². The summed E-state index contributed by atoms with van der Waals surface area (Å²) in [6, 6.07) is 18.3. The maximum atomic E-state index is 13.8. The van der Waals surface area contributed by atoms with Crippen molar-refractivity contribution in [3.8, 4) is 5.75 Å². The normalized spacial score (nSPS) is 11.9. The first-order chi connectivity index (χ1) is 18.6. The van der Waals surface area contributed by atoms with Gasteiger partial charge in [0.25, 0.3) is 10.0 Å². The van der Waals surface area contributed by atoms with Gasteiger partial charge in [-0.3, -0.25) is 13.9 Å². The quantitative estimate of drug-likeness (QED) is 0.314. The topological polar surface area (TPSA) is 96.0 Å². The van der Waals surface area contributed by atoms with Gasteiger partial charge < -0.3 is 15.0 Å². The van der Waals surface area contributed by atoms with E-state index in [2.05, 4.69) is 5.32 Å². The van der Waals surface area contributed by atoms with E-state index in [1.165, 1.54) is 36.3 Å². The first-order valence-corrected chi connectivity index (χ1v) is 14.5. The lowest BCUT2D eigenvalue weighted by Gasteiger charge is -2.32. The number of nitrogens with one attached hydrogen (secondary N) is 1. The fraction of sp³-hybridized carbons (Fsp3) is 0.286. The molecule has 3 aromatic rings. The number of anilines is 1. The lowest BCUT2D eigenvalue weighted by atomic mass is 10.1. The van der Waals surface area contributed by atoms with E-state index in [9.17, 15) is 18.0 Å². The van der Waals surface area contributed by atoms with Crippen molar-refractivity contribution in [1.29, 1.82) is 0 Å². The molecular weight excluding hydrogens is 561 g/mol. The number of rotatable bonds is 12. The molecule has 0 fully saturated rings. The predicted octanol–water partition coefficient (Wildman–Crippen LogP) is 5.14. The van der Waals surface area contributed by atoms with Crippen molar-refractivity contribution in [3.05, 3.63) is 88.4 Å². The number of benzene rings is 3. The molecule has 0 aromatic heterocycles. The van der Waals surface area contributed by atoms with Crippen LogP contribution in [-0.4, -0.2) is 51.4 Å². The third-order valence-corrected chi connectivity index (χ3v) is 8.55. The van der Waals surface area contributed by atoms with Gasteiger partial charge in [0.05, 0.1) is 27.7 Å². The Kier molecular flexibility index (Phi) is 10.6. The second-order valence-corrected chi connectivity index (χ2v) is 11.4. The van der Waals surface area contributed by atoms with Crippen LogP contribution in [0.25, 0.3) is 0 Å². The van der Waals surface area contributed by atoms with Crippen molar-refractivity contribution in [1.82, 2.24) is 10.2 Å². The van der Waals surface area contributed by atoms with Crippen LogP contribution in [0.2, 0.25) is 10.0 Å². The Morgan fingerprint density at radius 3 is 2.23 bits per heavy atom. The zero-order valence-corrected chi connectivity index (χ0v) is 24.3. The van der Waals surface area contributed by atoms with Gasteiger partial charge in [-0.15, -0.1) is 0 Å². The van der Waals surface area contributed by atoms with Crippen LogP contribution in [0, 0.1) is 0 Å². The molecule has 0 bridgehead atoms. The number of halogens is 2. The molecule has 8 nitrogen and oxygen atoms in total. The fourth-order valence-corrected chi connectivity index (χ4v) is 5.55. The van der Waals surface area contributed by atoms with Gasteiger partial charge in [0, 0.05) is 13.1 Å². The van der Waals surface area contributed by atoms with Gasteiger partial charge in [0.1, 0.15) is 18.3 Å². The highest BCUT2D eigenvalue weighted by molar-refractivity contribution is 7.92. The van der Waals surface area contributed by atoms with Gasteiger partial charge in [0.15, 0.2) is 0 Å². The van der Waals surface area contributed by atoms with E-state index in [0.29, 0.717) is 33.6 Å². The minimum Gasteiger partial charge on any atom is -0.497 e. The van der Waals surface area contributed by atoms with E-state index in [-0.39, 0.29) is 17.3 Å². The second-order valence-electron chi connectivity index (χ2n) is 8.76. The summed E-state index contributed by atoms with van der Waals surface area (Å²) in [5.74, 6) is -0.424. The Hall–Kier alpha value is -3.27. The van der Waals surface area contributed by atoms with E-state index in [1.54, 1.807) is 55.5 Å². The molecule has 208 valence electrons. The predicted molar refractivity (Wildman–Crippen MR) is 154 cm³/mol. The van der Waals surface area contributed by atoms with Crippen LogP contribution < -0.4 is 14.4 Å². The molecule has 0 radical (unpaired) electrons. The van der Waals surface area contributed by atoms with E-state index >= 15 is 0 Å². The minimum absolute atomic E-state index is 0.00952. The van der Waals surface area contributed by atoms with E-state index in [4.69, 9.17) is 27.9 Å². The average molecular weight is 593 g/mol. The number of nitrogens with zero attached hydrogens (tertiary/aromatic N) is 2. The zero-order valence-electron chi connectivity index (χ0n) is 21.9. The lowest BCUT2D eigenvalue weighted by Crippen LogP contribution is -2.51. The molecule has 0 aliphatic heterocycles. The molecule has 0 heterocycles. The molecule has 3 aromatic carbocycles. The van der Waals surface area contributed by atoms with Crippen LogP contribution in [-0.2, 0) is 26.2 Å². The molecule has 0 aliphatic rings. The van der Waals surface area contributed by atoms with Crippen LogP contribution in [0.5, 0.6) is 5.75 Å². The number of methoxy groups -OCH3 is 1. The minimum atomic E-state index is -4.16. The molecule has 3 rings (SSSR count). The SMILES string of the molecule is CCCNC(=O)[C@H](C)N(Cc1ccc(Cl)c(Cl)c1)C(=O)CN(c1ccccc1)S(=O)(=O)c1ccc(OC)cc1. The molecule has 1 atom stereocenters. The first-order valence-electron chi connectivity index (χ1n) is 12.3. The van der Waals surface area contributed by atoms with Gasteiger partial charge in [0.2, 0.25) is 11.8 Å². The van der Waals surface area contributed by atoms with Crippen molar-refractivity contribution >= 4 is 50.7 Å². The van der Waals surface area contributed by atoms with Crippen molar-refractivity contribution < 1.29 is 22.7 Å². The molecule has 0 spiro atoms. The van der Waals surface area contributed by atoms with Gasteiger partial charge in [-0.05, 0) is 67.4 Å². The average Bonchev–Trinajstić information content (AvgIpc) is 2.95. The Labute approximate surface area is 239 Å². The molecule has 0 saturated carbocycles. The van der Waals surface area contributed by atoms with Crippen molar-refractivity contribution in [2.24, 2.45) is 0 Å². The van der Waals surface area contributed by atoms with Crippen LogP contribution in [0.1, 0.15) is 25.8 Å². The monoisotopic (exact) mass is 591 g/mol. The summed E-state index contributed by atoms with van der Waals surface area (Å²) in [6.07, 6.45) is 0.723. The first kappa shape index (κ1) is 30.3. The largest absolute Gasteiger partial charge is 0.497 e. The summed E-state index contributed by atoms with van der Waals surface area (Å²) in [5.41, 5.74) is 0.941.